The number of halogens is 2. The lowest BCUT2D eigenvalue weighted by Crippen LogP contribution is -2.39. The van der Waals surface area contributed by atoms with Crippen molar-refractivity contribution in [3.63, 3.8) is 0 Å². The topological polar surface area (TPSA) is 78.5 Å². The number of hydrogen-bond donors (Lipinski definition) is 3. The van der Waals surface area contributed by atoms with Gasteiger partial charge in [-0.25, -0.2) is 8.78 Å². The van der Waals surface area contributed by atoms with E-state index in [1.54, 1.807) is 12.4 Å². The van der Waals surface area contributed by atoms with E-state index in [4.69, 9.17) is 17.0 Å². The van der Waals surface area contributed by atoms with E-state index in [0.717, 1.165) is 24.2 Å². The first-order valence-electron chi connectivity index (χ1n) is 10.5. The van der Waals surface area contributed by atoms with Crippen molar-refractivity contribution in [3.05, 3.63) is 64.6 Å². The molecular weight excluding hydrogens is 448 g/mol. The molecule has 0 saturated heterocycles. The second-order valence-electron chi connectivity index (χ2n) is 7.86. The number of rotatable bonds is 9. The Balaban J connectivity index is 1.78. The van der Waals surface area contributed by atoms with E-state index in [-0.39, 0.29) is 27.7 Å². The summed E-state index contributed by atoms with van der Waals surface area (Å²) >= 11 is 5.44. The highest BCUT2D eigenvalue weighted by molar-refractivity contribution is 7.81. The summed E-state index contributed by atoms with van der Waals surface area (Å²) in [5.74, 6) is -1.13. The number of thiocarbonyl (C=S) groups is 1. The number of carbonyl (C=O) groups excluding carboxylic acids is 1. The summed E-state index contributed by atoms with van der Waals surface area (Å²) in [6, 6.07) is 3.79. The van der Waals surface area contributed by atoms with E-state index >= 15 is 0 Å². The fourth-order valence-corrected chi connectivity index (χ4v) is 3.58. The zero-order valence-corrected chi connectivity index (χ0v) is 19.6. The summed E-state index contributed by atoms with van der Waals surface area (Å²) in [5.41, 5.74) is 2.14. The molecule has 3 rings (SSSR count). The van der Waals surface area contributed by atoms with Crippen molar-refractivity contribution in [1.29, 1.82) is 0 Å². The lowest BCUT2D eigenvalue weighted by molar-refractivity contribution is -0.117. The van der Waals surface area contributed by atoms with Crippen LogP contribution in [0.4, 0.5) is 14.5 Å². The molecular formula is C23H27F2N5O2S. The average Bonchev–Trinajstić information content (AvgIpc) is 2.76. The van der Waals surface area contributed by atoms with Crippen molar-refractivity contribution in [1.82, 2.24) is 20.5 Å². The van der Waals surface area contributed by atoms with Crippen LogP contribution in [-0.4, -0.2) is 54.6 Å². The average molecular weight is 476 g/mol. The predicted molar refractivity (Wildman–Crippen MR) is 127 cm³/mol. The fraction of sp³-hybridized carbons (Fsp3) is 0.348. The lowest BCUT2D eigenvalue weighted by Gasteiger charge is -2.24. The number of carbonyl (C=O) groups is 1. The molecule has 1 aliphatic rings. The summed E-state index contributed by atoms with van der Waals surface area (Å²) < 4.78 is 33.5. The van der Waals surface area contributed by atoms with Crippen LogP contribution >= 0.6 is 12.2 Å². The molecule has 0 radical (unpaired) electrons. The molecule has 33 heavy (non-hydrogen) atoms. The molecule has 1 aliphatic heterocycles. The molecule has 176 valence electrons. The second kappa shape index (κ2) is 11.2. The number of amides is 1. The maximum atomic E-state index is 13.9. The van der Waals surface area contributed by atoms with Gasteiger partial charge in [0.1, 0.15) is 29.0 Å². The number of ether oxygens (including phenoxy) is 1. The highest BCUT2D eigenvalue weighted by atomic mass is 32.1. The first kappa shape index (κ1) is 24.5. The maximum absolute atomic E-state index is 13.9. The van der Waals surface area contributed by atoms with Crippen LogP contribution in [0.3, 0.4) is 0 Å². The van der Waals surface area contributed by atoms with E-state index in [1.807, 2.05) is 25.1 Å². The van der Waals surface area contributed by atoms with Gasteiger partial charge in [-0.15, -0.1) is 0 Å². The number of pyridine rings is 1. The van der Waals surface area contributed by atoms with Gasteiger partial charge in [0.25, 0.3) is 5.91 Å². The molecule has 0 saturated carbocycles. The third kappa shape index (κ3) is 6.45. The largest absolute Gasteiger partial charge is 0.490 e. The fourth-order valence-electron chi connectivity index (χ4n) is 3.25. The molecule has 10 heteroatoms. The predicted octanol–water partition coefficient (Wildman–Crippen LogP) is 2.91. The molecule has 1 amide bonds. The summed E-state index contributed by atoms with van der Waals surface area (Å²) in [4.78, 5) is 18.8. The Morgan fingerprint density at radius 1 is 1.33 bits per heavy atom. The highest BCUT2D eigenvalue weighted by Gasteiger charge is 2.25. The minimum absolute atomic E-state index is 0.0833. The van der Waals surface area contributed by atoms with Gasteiger partial charge < -0.3 is 25.6 Å². The molecule has 0 aliphatic carbocycles. The van der Waals surface area contributed by atoms with E-state index in [1.165, 1.54) is 6.92 Å². The van der Waals surface area contributed by atoms with Gasteiger partial charge in [0, 0.05) is 60.8 Å². The minimum atomic E-state index is -0.733. The molecule has 1 aromatic heterocycles. The molecule has 2 heterocycles. The Morgan fingerprint density at radius 3 is 2.88 bits per heavy atom. The molecule has 7 nitrogen and oxygen atoms in total. The van der Waals surface area contributed by atoms with Crippen LogP contribution in [0.25, 0.3) is 0 Å². The zero-order valence-electron chi connectivity index (χ0n) is 18.8. The molecule has 0 unspecified atom stereocenters. The lowest BCUT2D eigenvalue weighted by atomic mass is 10.1. The first-order chi connectivity index (χ1) is 15.8. The van der Waals surface area contributed by atoms with Gasteiger partial charge >= 0.3 is 0 Å². The van der Waals surface area contributed by atoms with E-state index in [0.29, 0.717) is 37.6 Å². The van der Waals surface area contributed by atoms with Crippen LogP contribution in [0.2, 0.25) is 0 Å². The minimum Gasteiger partial charge on any atom is -0.490 e. The van der Waals surface area contributed by atoms with Crippen molar-refractivity contribution in [3.8, 4) is 5.75 Å². The quantitative estimate of drug-likeness (QED) is 0.482. The van der Waals surface area contributed by atoms with Gasteiger partial charge in [-0.1, -0.05) is 12.2 Å². The molecule has 1 aromatic carbocycles. The van der Waals surface area contributed by atoms with Gasteiger partial charge in [0.15, 0.2) is 0 Å². The third-order valence-electron chi connectivity index (χ3n) is 5.13. The summed E-state index contributed by atoms with van der Waals surface area (Å²) in [5, 5.41) is 8.87. The highest BCUT2D eigenvalue weighted by Crippen LogP contribution is 2.23. The van der Waals surface area contributed by atoms with Crippen molar-refractivity contribution in [2.45, 2.75) is 19.9 Å². The zero-order chi connectivity index (χ0) is 24.0. The van der Waals surface area contributed by atoms with E-state index < -0.39 is 11.6 Å². The van der Waals surface area contributed by atoms with Crippen LogP contribution in [0, 0.1) is 18.6 Å². The molecule has 0 fully saturated rings. The normalized spacial score (nSPS) is 13.7. The summed E-state index contributed by atoms with van der Waals surface area (Å²) in [6.45, 7) is 3.62. The van der Waals surface area contributed by atoms with Crippen LogP contribution in [0.15, 0.2) is 41.9 Å². The van der Waals surface area contributed by atoms with Crippen LogP contribution in [0.5, 0.6) is 5.75 Å². The molecule has 0 spiro atoms. The number of nitrogens with zero attached hydrogens (tertiary/aromatic N) is 2. The number of hydrogen-bond acceptors (Lipinski definition) is 6. The van der Waals surface area contributed by atoms with Crippen molar-refractivity contribution >= 4 is 28.8 Å². The van der Waals surface area contributed by atoms with Gasteiger partial charge in [-0.2, -0.15) is 0 Å². The van der Waals surface area contributed by atoms with Gasteiger partial charge in [-0.3, -0.25) is 9.78 Å². The number of aromatic nitrogens is 1. The second-order valence-corrected chi connectivity index (χ2v) is 8.27. The van der Waals surface area contributed by atoms with Crippen LogP contribution < -0.4 is 20.7 Å². The SMILES string of the molecule is Cc1c(F)cc(F)cc1NC(=S)C1=C(NCc2ccncc2OCCN(C)C)CCNC1=O. The van der Waals surface area contributed by atoms with Crippen molar-refractivity contribution in [2.24, 2.45) is 0 Å². The summed E-state index contributed by atoms with van der Waals surface area (Å²) in [7, 11) is 3.93. The number of benzene rings is 1. The standard InChI is InChI=1S/C23H27F2N5O2S/c1-14-17(25)10-16(24)11-19(14)29-23(33)21-18(5-7-27-22(21)31)28-12-15-4-6-26-13-20(15)32-9-8-30(2)3/h4,6,10-11,13,28H,5,7-9,12H2,1-3H3,(H,27,31)(H,29,33). The van der Waals surface area contributed by atoms with Crippen LogP contribution in [0.1, 0.15) is 17.5 Å². The summed E-state index contributed by atoms with van der Waals surface area (Å²) in [6.07, 6.45) is 3.86. The maximum Gasteiger partial charge on any atom is 0.256 e. The Hall–Kier alpha value is -3.11. The van der Waals surface area contributed by atoms with E-state index in [9.17, 15) is 13.6 Å². The van der Waals surface area contributed by atoms with Crippen molar-refractivity contribution < 1.29 is 18.3 Å². The Labute approximate surface area is 197 Å². The third-order valence-corrected chi connectivity index (χ3v) is 5.44. The van der Waals surface area contributed by atoms with Gasteiger partial charge in [0.05, 0.1) is 11.8 Å². The van der Waals surface area contributed by atoms with E-state index in [2.05, 4.69) is 20.9 Å². The molecule has 0 bridgehead atoms. The molecule has 3 N–H and O–H groups in total. The smallest absolute Gasteiger partial charge is 0.256 e. The first-order valence-corrected chi connectivity index (χ1v) is 10.9. The number of nitrogens with one attached hydrogen (secondary N) is 3. The Kier molecular flexibility index (Phi) is 8.29. The Bertz CT molecular complexity index is 1070. The molecule has 0 atom stereocenters. The number of likely N-dealkylation sites (N-methyl/N-ethyl adjacent to an activating group) is 1. The number of anilines is 1. The Morgan fingerprint density at radius 2 is 2.12 bits per heavy atom. The van der Waals surface area contributed by atoms with Gasteiger partial charge in [-0.05, 0) is 33.2 Å². The monoisotopic (exact) mass is 475 g/mol. The van der Waals surface area contributed by atoms with Crippen LogP contribution in [-0.2, 0) is 11.3 Å². The molecule has 2 aromatic rings. The van der Waals surface area contributed by atoms with Crippen molar-refractivity contribution in [2.75, 3.05) is 39.1 Å². The van der Waals surface area contributed by atoms with Gasteiger partial charge in [0.2, 0.25) is 0 Å².